The molecule has 20 heavy (non-hydrogen) atoms. The Morgan fingerprint density at radius 3 is 2.65 bits per heavy atom. The van der Waals surface area contributed by atoms with Crippen LogP contribution in [0.2, 0.25) is 0 Å². The predicted octanol–water partition coefficient (Wildman–Crippen LogP) is 2.71. The van der Waals surface area contributed by atoms with Gasteiger partial charge >= 0.3 is 0 Å². The molecule has 0 aromatic rings. The van der Waals surface area contributed by atoms with Gasteiger partial charge in [0.05, 0.1) is 0 Å². The van der Waals surface area contributed by atoms with Crippen LogP contribution in [0.15, 0.2) is 0 Å². The summed E-state index contributed by atoms with van der Waals surface area (Å²) in [5, 5.41) is 3.72. The second kappa shape index (κ2) is 7.24. The molecule has 0 radical (unpaired) electrons. The zero-order valence-electron chi connectivity index (χ0n) is 14.1. The van der Waals surface area contributed by atoms with Crippen molar-refractivity contribution < 1.29 is 0 Å². The average Bonchev–Trinajstić information content (AvgIpc) is 2.42. The van der Waals surface area contributed by atoms with Gasteiger partial charge in [0.1, 0.15) is 0 Å². The molecule has 2 atom stereocenters. The zero-order chi connectivity index (χ0) is 14.6. The molecule has 2 aliphatic heterocycles. The van der Waals surface area contributed by atoms with Gasteiger partial charge in [0, 0.05) is 43.8 Å². The second-order valence-electron chi connectivity index (χ2n) is 7.75. The molecule has 3 nitrogen and oxygen atoms in total. The van der Waals surface area contributed by atoms with E-state index in [0.29, 0.717) is 0 Å². The van der Waals surface area contributed by atoms with E-state index in [1.807, 2.05) is 0 Å². The van der Waals surface area contributed by atoms with Gasteiger partial charge in [0.2, 0.25) is 0 Å². The Balaban J connectivity index is 1.88. The Morgan fingerprint density at radius 2 is 1.95 bits per heavy atom. The largest absolute Gasteiger partial charge is 0.311 e. The molecule has 0 spiro atoms. The summed E-state index contributed by atoms with van der Waals surface area (Å²) in [5.41, 5.74) is 0.235. The number of hydrogen-bond acceptors (Lipinski definition) is 3. The highest BCUT2D eigenvalue weighted by Gasteiger charge is 2.31. The van der Waals surface area contributed by atoms with Crippen LogP contribution in [0.4, 0.5) is 0 Å². The number of piperazine rings is 1. The number of piperidine rings is 1. The highest BCUT2D eigenvalue weighted by molar-refractivity contribution is 4.89. The first-order chi connectivity index (χ1) is 9.49. The van der Waals surface area contributed by atoms with Gasteiger partial charge < -0.3 is 5.32 Å². The quantitative estimate of drug-likeness (QED) is 0.836. The SMILES string of the molecule is CCCC(CNC(C)(C)C)N1CCN2CCCCC2C1. The van der Waals surface area contributed by atoms with E-state index in [2.05, 4.69) is 42.8 Å². The third-order valence-corrected chi connectivity index (χ3v) is 4.88. The van der Waals surface area contributed by atoms with Crippen LogP contribution in [0.1, 0.15) is 59.8 Å². The Kier molecular flexibility index (Phi) is 5.88. The van der Waals surface area contributed by atoms with E-state index < -0.39 is 0 Å². The Labute approximate surface area is 126 Å². The van der Waals surface area contributed by atoms with E-state index in [1.165, 1.54) is 58.3 Å². The van der Waals surface area contributed by atoms with Crippen LogP contribution in [-0.4, -0.2) is 60.1 Å². The number of nitrogens with zero attached hydrogens (tertiary/aromatic N) is 2. The highest BCUT2D eigenvalue weighted by Crippen LogP contribution is 2.23. The minimum Gasteiger partial charge on any atom is -0.311 e. The molecule has 0 amide bonds. The molecule has 0 aromatic carbocycles. The number of nitrogens with one attached hydrogen (secondary N) is 1. The molecule has 2 heterocycles. The van der Waals surface area contributed by atoms with Crippen molar-refractivity contribution >= 4 is 0 Å². The zero-order valence-corrected chi connectivity index (χ0v) is 14.1. The van der Waals surface area contributed by atoms with Crippen LogP contribution in [0, 0.1) is 0 Å². The topological polar surface area (TPSA) is 18.5 Å². The molecule has 2 fully saturated rings. The molecule has 0 aliphatic carbocycles. The van der Waals surface area contributed by atoms with Crippen molar-refractivity contribution in [3.63, 3.8) is 0 Å². The third kappa shape index (κ3) is 4.71. The van der Waals surface area contributed by atoms with Crippen LogP contribution < -0.4 is 5.32 Å². The first-order valence-electron chi connectivity index (χ1n) is 8.72. The number of rotatable bonds is 5. The Hall–Kier alpha value is -0.120. The van der Waals surface area contributed by atoms with Gasteiger partial charge in [-0.25, -0.2) is 0 Å². The molecule has 1 N–H and O–H groups in total. The number of fused-ring (bicyclic) bond motifs is 1. The van der Waals surface area contributed by atoms with Crippen molar-refractivity contribution in [2.24, 2.45) is 0 Å². The van der Waals surface area contributed by atoms with Gasteiger partial charge in [-0.1, -0.05) is 19.8 Å². The summed E-state index contributed by atoms with van der Waals surface area (Å²) in [4.78, 5) is 5.51. The summed E-state index contributed by atoms with van der Waals surface area (Å²) < 4.78 is 0. The fourth-order valence-electron chi connectivity index (χ4n) is 3.68. The summed E-state index contributed by atoms with van der Waals surface area (Å²) in [7, 11) is 0. The van der Waals surface area contributed by atoms with E-state index in [4.69, 9.17) is 0 Å². The smallest absolute Gasteiger partial charge is 0.0223 e. The van der Waals surface area contributed by atoms with Crippen molar-refractivity contribution in [1.29, 1.82) is 0 Å². The van der Waals surface area contributed by atoms with Crippen LogP contribution in [0.25, 0.3) is 0 Å². The maximum Gasteiger partial charge on any atom is 0.0223 e. The Morgan fingerprint density at radius 1 is 1.15 bits per heavy atom. The van der Waals surface area contributed by atoms with E-state index in [1.54, 1.807) is 0 Å². The van der Waals surface area contributed by atoms with Crippen molar-refractivity contribution in [1.82, 2.24) is 15.1 Å². The average molecular weight is 281 g/mol. The van der Waals surface area contributed by atoms with Crippen LogP contribution >= 0.6 is 0 Å². The lowest BCUT2D eigenvalue weighted by Gasteiger charge is -2.47. The third-order valence-electron chi connectivity index (χ3n) is 4.88. The molecule has 118 valence electrons. The first-order valence-corrected chi connectivity index (χ1v) is 8.72. The maximum absolute atomic E-state index is 3.72. The molecule has 3 heteroatoms. The lowest BCUT2D eigenvalue weighted by Crippen LogP contribution is -2.59. The molecule has 2 rings (SSSR count). The van der Waals surface area contributed by atoms with Crippen LogP contribution in [0.3, 0.4) is 0 Å². The minimum absolute atomic E-state index is 0.235. The van der Waals surface area contributed by atoms with Crippen molar-refractivity contribution in [3.05, 3.63) is 0 Å². The van der Waals surface area contributed by atoms with Gasteiger partial charge in [0.15, 0.2) is 0 Å². The molecule has 0 saturated carbocycles. The number of hydrogen-bond donors (Lipinski definition) is 1. The predicted molar refractivity (Wildman–Crippen MR) is 87.2 cm³/mol. The molecule has 2 unspecified atom stereocenters. The van der Waals surface area contributed by atoms with E-state index in [0.717, 1.165) is 18.6 Å². The van der Waals surface area contributed by atoms with Crippen LogP contribution in [0.5, 0.6) is 0 Å². The van der Waals surface area contributed by atoms with E-state index in [-0.39, 0.29) is 5.54 Å². The van der Waals surface area contributed by atoms with E-state index >= 15 is 0 Å². The summed E-state index contributed by atoms with van der Waals surface area (Å²) >= 11 is 0. The molecule has 0 bridgehead atoms. The fourth-order valence-corrected chi connectivity index (χ4v) is 3.68. The lowest BCUT2D eigenvalue weighted by atomic mass is 9.97. The lowest BCUT2D eigenvalue weighted by molar-refractivity contribution is 0.0239. The molecular weight excluding hydrogens is 246 g/mol. The van der Waals surface area contributed by atoms with Gasteiger partial charge in [-0.15, -0.1) is 0 Å². The molecular formula is C17H35N3. The highest BCUT2D eigenvalue weighted by atomic mass is 15.3. The van der Waals surface area contributed by atoms with Gasteiger partial charge in [0.25, 0.3) is 0 Å². The summed E-state index contributed by atoms with van der Waals surface area (Å²) in [6.07, 6.45) is 6.90. The summed E-state index contributed by atoms with van der Waals surface area (Å²) in [5.74, 6) is 0. The van der Waals surface area contributed by atoms with Crippen molar-refractivity contribution in [2.45, 2.75) is 77.4 Å². The normalized spacial score (nSPS) is 27.3. The van der Waals surface area contributed by atoms with Gasteiger partial charge in [-0.05, 0) is 46.6 Å². The summed E-state index contributed by atoms with van der Waals surface area (Å²) in [6.45, 7) is 15.5. The summed E-state index contributed by atoms with van der Waals surface area (Å²) in [6, 6.07) is 1.56. The molecule has 2 saturated heterocycles. The van der Waals surface area contributed by atoms with Crippen LogP contribution in [-0.2, 0) is 0 Å². The standard InChI is InChI=1S/C17H35N3/c1-5-8-15(13-18-17(2,3)4)20-12-11-19-10-7-6-9-16(19)14-20/h15-16,18H,5-14H2,1-4H3. The van der Waals surface area contributed by atoms with Gasteiger partial charge in [-0.2, -0.15) is 0 Å². The second-order valence-corrected chi connectivity index (χ2v) is 7.75. The van der Waals surface area contributed by atoms with E-state index in [9.17, 15) is 0 Å². The van der Waals surface area contributed by atoms with Crippen molar-refractivity contribution in [2.75, 3.05) is 32.7 Å². The minimum atomic E-state index is 0.235. The molecule has 2 aliphatic rings. The first kappa shape index (κ1) is 16.3. The van der Waals surface area contributed by atoms with Gasteiger partial charge in [-0.3, -0.25) is 9.80 Å². The Bertz CT molecular complexity index is 284. The molecule has 0 aromatic heterocycles. The monoisotopic (exact) mass is 281 g/mol. The van der Waals surface area contributed by atoms with Crippen molar-refractivity contribution in [3.8, 4) is 0 Å². The fraction of sp³-hybridized carbons (Fsp3) is 1.00. The maximum atomic E-state index is 3.72.